The quantitative estimate of drug-likeness (QED) is 0.641. The van der Waals surface area contributed by atoms with Crippen molar-refractivity contribution in [2.24, 2.45) is 0 Å². The van der Waals surface area contributed by atoms with Crippen molar-refractivity contribution in [3.05, 3.63) is 99.5 Å². The van der Waals surface area contributed by atoms with Gasteiger partial charge >= 0.3 is 0 Å². The van der Waals surface area contributed by atoms with Gasteiger partial charge in [-0.15, -0.1) is 0 Å². The fourth-order valence-electron chi connectivity index (χ4n) is 4.13. The fourth-order valence-corrected chi connectivity index (χ4v) is 4.13. The van der Waals surface area contributed by atoms with Crippen LogP contribution < -0.4 is 10.5 Å². The van der Waals surface area contributed by atoms with Crippen molar-refractivity contribution < 1.29 is 4.79 Å². The lowest BCUT2D eigenvalue weighted by atomic mass is 10.1. The first-order chi connectivity index (χ1) is 15.5. The van der Waals surface area contributed by atoms with Crippen LogP contribution >= 0.6 is 0 Å². The highest BCUT2D eigenvalue weighted by molar-refractivity contribution is 5.93. The maximum atomic E-state index is 13.2. The Kier molecular flexibility index (Phi) is 6.37. The van der Waals surface area contributed by atoms with Gasteiger partial charge in [-0.3, -0.25) is 9.59 Å². The molecule has 2 heterocycles. The predicted molar refractivity (Wildman–Crippen MR) is 125 cm³/mol. The van der Waals surface area contributed by atoms with Gasteiger partial charge in [-0.25, -0.2) is 0 Å². The third kappa shape index (κ3) is 4.73. The molecule has 6 nitrogen and oxygen atoms in total. The van der Waals surface area contributed by atoms with Crippen molar-refractivity contribution in [1.82, 2.24) is 9.47 Å². The maximum Gasteiger partial charge on any atom is 0.263 e. The highest BCUT2D eigenvalue weighted by Gasteiger charge is 2.23. The first-order valence-corrected chi connectivity index (χ1v) is 10.8. The number of nitrogens with zero attached hydrogens (tertiary/aromatic N) is 4. The van der Waals surface area contributed by atoms with Crippen molar-refractivity contribution in [2.75, 3.05) is 31.1 Å². The van der Waals surface area contributed by atoms with Gasteiger partial charge in [-0.05, 0) is 55.3 Å². The van der Waals surface area contributed by atoms with E-state index in [9.17, 15) is 9.59 Å². The van der Waals surface area contributed by atoms with Crippen LogP contribution in [-0.4, -0.2) is 41.6 Å². The van der Waals surface area contributed by atoms with E-state index >= 15 is 0 Å². The van der Waals surface area contributed by atoms with Gasteiger partial charge in [-0.2, -0.15) is 5.26 Å². The summed E-state index contributed by atoms with van der Waals surface area (Å²) >= 11 is 0. The molecule has 1 fully saturated rings. The fraction of sp³-hybridized carbons (Fsp3) is 0.269. The van der Waals surface area contributed by atoms with Gasteiger partial charge in [0, 0.05) is 38.1 Å². The van der Waals surface area contributed by atoms with E-state index in [1.807, 2.05) is 55.5 Å². The Morgan fingerprint density at radius 2 is 1.81 bits per heavy atom. The second kappa shape index (κ2) is 9.52. The Morgan fingerprint density at radius 1 is 1.00 bits per heavy atom. The topological polar surface area (TPSA) is 69.3 Å². The van der Waals surface area contributed by atoms with Crippen molar-refractivity contribution in [3.8, 4) is 6.07 Å². The lowest BCUT2D eigenvalue weighted by molar-refractivity contribution is 0.0764. The van der Waals surface area contributed by atoms with Crippen LogP contribution in [0.2, 0.25) is 0 Å². The molecule has 0 bridgehead atoms. The van der Waals surface area contributed by atoms with Crippen LogP contribution in [0.4, 0.5) is 5.69 Å². The van der Waals surface area contributed by atoms with Crippen LogP contribution in [0.5, 0.6) is 0 Å². The molecule has 162 valence electrons. The van der Waals surface area contributed by atoms with Crippen LogP contribution in [0.25, 0.3) is 0 Å². The third-order valence-electron chi connectivity index (χ3n) is 5.83. The summed E-state index contributed by atoms with van der Waals surface area (Å²) in [6.45, 7) is 5.12. The Bertz CT molecular complexity index is 1210. The minimum Gasteiger partial charge on any atom is -0.370 e. The zero-order chi connectivity index (χ0) is 22.5. The standard InChI is InChI=1S/C26H26N4O2/c1-20-5-2-6-22(17-20)19-30-12-3-7-24(26(30)32)25(31)29-14-4-13-28(15-16-29)23-10-8-21(18-27)9-11-23/h2-3,5-12,17H,4,13-16,19H2,1H3. The molecule has 2 aromatic carbocycles. The van der Waals surface area contributed by atoms with Crippen LogP contribution in [0, 0.1) is 18.3 Å². The van der Waals surface area contributed by atoms with Gasteiger partial charge in [0.05, 0.1) is 18.2 Å². The molecule has 1 aromatic heterocycles. The van der Waals surface area contributed by atoms with Gasteiger partial charge in [0.1, 0.15) is 5.56 Å². The Hall–Kier alpha value is -3.85. The summed E-state index contributed by atoms with van der Waals surface area (Å²) in [5.74, 6) is -0.213. The number of anilines is 1. The minimum absolute atomic E-state index is 0.213. The Labute approximate surface area is 187 Å². The van der Waals surface area contributed by atoms with Crippen LogP contribution in [0.1, 0.15) is 33.5 Å². The molecule has 6 heteroatoms. The normalized spacial score (nSPS) is 14.0. The summed E-state index contributed by atoms with van der Waals surface area (Å²) in [5, 5.41) is 8.99. The van der Waals surface area contributed by atoms with Gasteiger partial charge in [-0.1, -0.05) is 29.8 Å². The number of aryl methyl sites for hydroxylation is 1. The molecule has 1 saturated heterocycles. The molecule has 1 amide bonds. The molecule has 4 rings (SSSR count). The van der Waals surface area contributed by atoms with Crippen molar-refractivity contribution in [2.45, 2.75) is 19.9 Å². The Balaban J connectivity index is 1.48. The average molecular weight is 427 g/mol. The number of rotatable bonds is 4. The van der Waals surface area contributed by atoms with Gasteiger partial charge in [0.25, 0.3) is 11.5 Å². The molecule has 32 heavy (non-hydrogen) atoms. The van der Waals surface area contributed by atoms with E-state index in [2.05, 4.69) is 11.0 Å². The Morgan fingerprint density at radius 3 is 2.56 bits per heavy atom. The second-order valence-electron chi connectivity index (χ2n) is 8.14. The molecule has 0 saturated carbocycles. The van der Waals surface area contributed by atoms with Crippen molar-refractivity contribution >= 4 is 11.6 Å². The number of carbonyl (C=O) groups is 1. The number of pyridine rings is 1. The third-order valence-corrected chi connectivity index (χ3v) is 5.83. The summed E-state index contributed by atoms with van der Waals surface area (Å²) in [6, 6.07) is 21.1. The summed E-state index contributed by atoms with van der Waals surface area (Å²) in [6.07, 6.45) is 2.55. The van der Waals surface area contributed by atoms with E-state index in [-0.39, 0.29) is 17.0 Å². The highest BCUT2D eigenvalue weighted by Crippen LogP contribution is 2.18. The molecule has 3 aromatic rings. The number of amides is 1. The van der Waals surface area contributed by atoms with Gasteiger partial charge in [0.15, 0.2) is 0 Å². The zero-order valence-electron chi connectivity index (χ0n) is 18.2. The summed E-state index contributed by atoms with van der Waals surface area (Å²) in [7, 11) is 0. The van der Waals surface area contributed by atoms with Crippen LogP contribution in [0.3, 0.4) is 0 Å². The van der Waals surface area contributed by atoms with Crippen molar-refractivity contribution in [1.29, 1.82) is 5.26 Å². The molecule has 0 radical (unpaired) electrons. The van der Waals surface area contributed by atoms with Gasteiger partial charge < -0.3 is 14.4 Å². The van der Waals surface area contributed by atoms with Gasteiger partial charge in [0.2, 0.25) is 0 Å². The number of benzene rings is 2. The first kappa shape index (κ1) is 21.4. The molecule has 0 atom stereocenters. The largest absolute Gasteiger partial charge is 0.370 e. The van der Waals surface area contributed by atoms with Crippen molar-refractivity contribution in [3.63, 3.8) is 0 Å². The minimum atomic E-state index is -0.257. The van der Waals surface area contributed by atoms with E-state index in [1.54, 1.807) is 27.8 Å². The van der Waals surface area contributed by atoms with Crippen LogP contribution in [-0.2, 0) is 6.54 Å². The average Bonchev–Trinajstić information content (AvgIpc) is 3.06. The van der Waals surface area contributed by atoms with E-state index in [1.165, 1.54) is 0 Å². The molecule has 1 aliphatic heterocycles. The predicted octanol–water partition coefficient (Wildman–Crippen LogP) is 3.43. The van der Waals surface area contributed by atoms with E-state index < -0.39 is 0 Å². The first-order valence-electron chi connectivity index (χ1n) is 10.8. The summed E-state index contributed by atoms with van der Waals surface area (Å²) < 4.78 is 1.60. The number of nitriles is 1. The summed E-state index contributed by atoms with van der Waals surface area (Å²) in [4.78, 5) is 30.3. The summed E-state index contributed by atoms with van der Waals surface area (Å²) in [5.41, 5.74) is 3.80. The lowest BCUT2D eigenvalue weighted by Crippen LogP contribution is -2.39. The molecule has 0 aliphatic carbocycles. The molecule has 1 aliphatic rings. The van der Waals surface area contributed by atoms with Crippen LogP contribution in [0.15, 0.2) is 71.7 Å². The smallest absolute Gasteiger partial charge is 0.263 e. The molecule has 0 spiro atoms. The maximum absolute atomic E-state index is 13.2. The zero-order valence-corrected chi connectivity index (χ0v) is 18.2. The van der Waals surface area contributed by atoms with E-state index in [4.69, 9.17) is 5.26 Å². The highest BCUT2D eigenvalue weighted by atomic mass is 16.2. The van der Waals surface area contributed by atoms with E-state index in [0.717, 1.165) is 29.8 Å². The molecular weight excluding hydrogens is 400 g/mol. The monoisotopic (exact) mass is 426 g/mol. The number of carbonyl (C=O) groups excluding carboxylic acids is 1. The van der Waals surface area contributed by atoms with E-state index in [0.29, 0.717) is 31.7 Å². The molecule has 0 N–H and O–H groups in total. The SMILES string of the molecule is Cc1cccc(Cn2cccc(C(=O)N3CCCN(c4ccc(C#N)cc4)CC3)c2=O)c1. The lowest BCUT2D eigenvalue weighted by Gasteiger charge is -2.24. The second-order valence-corrected chi connectivity index (χ2v) is 8.14. The number of hydrogen-bond donors (Lipinski definition) is 0. The molecular formula is C26H26N4O2. The molecule has 0 unspecified atom stereocenters. The number of aromatic nitrogens is 1. The number of hydrogen-bond acceptors (Lipinski definition) is 4.